The van der Waals surface area contributed by atoms with Crippen molar-refractivity contribution in [3.8, 4) is 11.3 Å². The molecule has 12 heteroatoms. The predicted molar refractivity (Wildman–Crippen MR) is 181 cm³/mol. The van der Waals surface area contributed by atoms with Gasteiger partial charge in [0.15, 0.2) is 0 Å². The Labute approximate surface area is 275 Å². The van der Waals surface area contributed by atoms with Gasteiger partial charge in [-0.25, -0.2) is 4.68 Å². The standard InChI is InChI=1S/C28H28N6O3.C6H11NO.CH5N/c35-28(21-33-20-25(29-30-33)24-13-7-8-14-26(24)34(36)37)32-17-15-31(16-18-32)27(23-11-5-2-6-12-23)19-22-9-3-1-4-10-22;8-5-7-6-3-1-2-4-6;1-2/h1-14,20,27H,15-19,21H2;5-6H,1-4H2,(H,7,8);2H2,1H3/t27-;;/m0../s1. The van der Waals surface area contributed by atoms with Crippen LogP contribution in [0, 0.1) is 10.1 Å². The number of carbonyl (C=O) groups excluding carboxylic acids is 2. The fourth-order valence-electron chi connectivity index (χ4n) is 6.03. The molecule has 2 fully saturated rings. The van der Waals surface area contributed by atoms with E-state index >= 15 is 0 Å². The molecule has 0 spiro atoms. The molecule has 1 aliphatic heterocycles. The summed E-state index contributed by atoms with van der Waals surface area (Å²) < 4.78 is 1.45. The summed E-state index contributed by atoms with van der Waals surface area (Å²) in [5.74, 6) is -0.0435. The molecule has 0 unspecified atom stereocenters. The Balaban J connectivity index is 0.000000433. The number of benzene rings is 3. The topological polar surface area (TPSA) is 153 Å². The molecule has 3 aromatic carbocycles. The Morgan fingerprint density at radius 3 is 2.21 bits per heavy atom. The molecule has 0 radical (unpaired) electrons. The molecule has 1 saturated heterocycles. The van der Waals surface area contributed by atoms with Gasteiger partial charge >= 0.3 is 0 Å². The molecule has 0 bridgehead atoms. The zero-order valence-corrected chi connectivity index (χ0v) is 26.9. The number of piperazine rings is 1. The van der Waals surface area contributed by atoms with Gasteiger partial charge in [-0.3, -0.25) is 24.6 Å². The SMILES string of the molecule is CN.O=C(Cn1cc(-c2ccccc2[N+](=O)[O-])nn1)N1CCN([C@@H](Cc2ccccc2)c2ccccc2)CC1.O=CNC1CCCC1. The highest BCUT2D eigenvalue weighted by molar-refractivity contribution is 5.76. The number of aromatic nitrogens is 3. The summed E-state index contributed by atoms with van der Waals surface area (Å²) in [6, 6.07) is 28.1. The van der Waals surface area contributed by atoms with E-state index in [4.69, 9.17) is 0 Å². The highest BCUT2D eigenvalue weighted by atomic mass is 16.6. The fraction of sp³-hybridized carbons (Fsp3) is 0.371. The monoisotopic (exact) mass is 640 g/mol. The third kappa shape index (κ3) is 10.0. The molecule has 248 valence electrons. The van der Waals surface area contributed by atoms with E-state index in [1.54, 1.807) is 24.4 Å². The van der Waals surface area contributed by atoms with E-state index in [-0.39, 0.29) is 24.2 Å². The highest BCUT2D eigenvalue weighted by Gasteiger charge is 2.28. The molecular weight excluding hydrogens is 596 g/mol. The van der Waals surface area contributed by atoms with Crippen LogP contribution in [-0.2, 0) is 22.6 Å². The maximum Gasteiger partial charge on any atom is 0.278 e. The number of nitrogens with two attached hydrogens (primary N) is 1. The molecule has 3 N–H and O–H groups in total. The minimum atomic E-state index is -0.445. The molecule has 1 atom stereocenters. The Morgan fingerprint density at radius 1 is 0.957 bits per heavy atom. The van der Waals surface area contributed by atoms with Gasteiger partial charge < -0.3 is 16.0 Å². The first-order valence-corrected chi connectivity index (χ1v) is 16.0. The Morgan fingerprint density at radius 2 is 1.57 bits per heavy atom. The lowest BCUT2D eigenvalue weighted by molar-refractivity contribution is -0.384. The number of nitrogens with one attached hydrogen (secondary N) is 1. The molecule has 12 nitrogen and oxygen atoms in total. The second-order valence-corrected chi connectivity index (χ2v) is 11.4. The number of amides is 2. The molecule has 2 aliphatic rings. The Hall–Kier alpha value is -4.94. The number of nitro groups is 1. The highest BCUT2D eigenvalue weighted by Crippen LogP contribution is 2.28. The van der Waals surface area contributed by atoms with Crippen molar-refractivity contribution in [2.24, 2.45) is 5.73 Å². The lowest BCUT2D eigenvalue weighted by Crippen LogP contribution is -2.50. The maximum absolute atomic E-state index is 13.0. The van der Waals surface area contributed by atoms with Gasteiger partial charge in [0.2, 0.25) is 12.3 Å². The maximum atomic E-state index is 13.0. The second kappa shape index (κ2) is 18.3. The second-order valence-electron chi connectivity index (χ2n) is 11.4. The van der Waals surface area contributed by atoms with Crippen molar-refractivity contribution < 1.29 is 14.5 Å². The molecule has 2 heterocycles. The van der Waals surface area contributed by atoms with Crippen molar-refractivity contribution in [1.29, 1.82) is 0 Å². The van der Waals surface area contributed by atoms with Crippen molar-refractivity contribution in [2.45, 2.75) is 50.7 Å². The first kappa shape index (κ1) is 34.9. The molecule has 47 heavy (non-hydrogen) atoms. The van der Waals surface area contributed by atoms with Crippen LogP contribution < -0.4 is 11.1 Å². The summed E-state index contributed by atoms with van der Waals surface area (Å²) in [4.78, 5) is 38.1. The van der Waals surface area contributed by atoms with Crippen molar-refractivity contribution in [3.05, 3.63) is 112 Å². The third-order valence-corrected chi connectivity index (χ3v) is 8.44. The van der Waals surface area contributed by atoms with Crippen LogP contribution in [0.2, 0.25) is 0 Å². The number of para-hydroxylation sites is 1. The zero-order valence-electron chi connectivity index (χ0n) is 26.9. The fourth-order valence-corrected chi connectivity index (χ4v) is 6.03. The summed E-state index contributed by atoms with van der Waals surface area (Å²) >= 11 is 0. The van der Waals surface area contributed by atoms with Crippen molar-refractivity contribution in [2.75, 3.05) is 33.2 Å². The first-order valence-electron chi connectivity index (χ1n) is 16.0. The lowest BCUT2D eigenvalue weighted by Gasteiger charge is -2.39. The lowest BCUT2D eigenvalue weighted by atomic mass is 9.96. The molecule has 6 rings (SSSR count). The van der Waals surface area contributed by atoms with Gasteiger partial charge in [-0.15, -0.1) is 5.10 Å². The van der Waals surface area contributed by atoms with Crippen LogP contribution in [0.15, 0.2) is 91.1 Å². The van der Waals surface area contributed by atoms with E-state index in [1.807, 2.05) is 17.0 Å². The van der Waals surface area contributed by atoms with E-state index < -0.39 is 4.92 Å². The van der Waals surface area contributed by atoms with Crippen LogP contribution in [0.1, 0.15) is 42.9 Å². The van der Waals surface area contributed by atoms with Crippen molar-refractivity contribution in [3.63, 3.8) is 0 Å². The van der Waals surface area contributed by atoms with Crippen molar-refractivity contribution in [1.82, 2.24) is 30.1 Å². The largest absolute Gasteiger partial charge is 0.356 e. The third-order valence-electron chi connectivity index (χ3n) is 8.44. The van der Waals surface area contributed by atoms with Crippen LogP contribution in [-0.4, -0.2) is 81.3 Å². The van der Waals surface area contributed by atoms with Gasteiger partial charge in [0.25, 0.3) is 5.69 Å². The van der Waals surface area contributed by atoms with Crippen LogP contribution in [0.3, 0.4) is 0 Å². The van der Waals surface area contributed by atoms with E-state index in [2.05, 4.69) is 74.8 Å². The van der Waals surface area contributed by atoms with Crippen LogP contribution in [0.5, 0.6) is 0 Å². The molecular formula is C35H44N8O4. The summed E-state index contributed by atoms with van der Waals surface area (Å²) in [6.07, 6.45) is 8.22. The quantitative estimate of drug-likeness (QED) is 0.148. The number of nitro benzene ring substituents is 1. The number of nitrogens with zero attached hydrogens (tertiary/aromatic N) is 6. The molecule has 4 aromatic rings. The predicted octanol–water partition coefficient (Wildman–Crippen LogP) is 4.23. The average Bonchev–Trinajstić information content (AvgIpc) is 3.82. The summed E-state index contributed by atoms with van der Waals surface area (Å²) in [7, 11) is 1.50. The summed E-state index contributed by atoms with van der Waals surface area (Å²) in [5.41, 5.74) is 7.77. The summed E-state index contributed by atoms with van der Waals surface area (Å²) in [6.45, 7) is 2.85. The van der Waals surface area contributed by atoms with Crippen molar-refractivity contribution >= 4 is 18.0 Å². The Bertz CT molecular complexity index is 1540. The normalized spacial score (nSPS) is 15.4. The molecule has 2 amide bonds. The summed E-state index contributed by atoms with van der Waals surface area (Å²) in [5, 5.41) is 22.2. The van der Waals surface area contributed by atoms with E-state index in [0.717, 1.165) is 25.9 Å². The minimum Gasteiger partial charge on any atom is -0.356 e. The Kier molecular flexibility index (Phi) is 13.6. The minimum absolute atomic E-state index is 0.0412. The van der Waals surface area contributed by atoms with Crippen LogP contribution in [0.4, 0.5) is 5.69 Å². The van der Waals surface area contributed by atoms with Gasteiger partial charge in [-0.1, -0.05) is 90.9 Å². The molecule has 1 saturated carbocycles. The van der Waals surface area contributed by atoms with E-state index in [0.29, 0.717) is 30.4 Å². The number of carbonyl (C=O) groups is 2. The number of hydrogen-bond acceptors (Lipinski definition) is 8. The number of hydrogen-bond donors (Lipinski definition) is 2. The van der Waals surface area contributed by atoms with Gasteiger partial charge in [-0.05, 0) is 43.5 Å². The first-order chi connectivity index (χ1) is 23.0. The number of rotatable bonds is 10. The van der Waals surface area contributed by atoms with Crippen LogP contribution in [0.25, 0.3) is 11.3 Å². The van der Waals surface area contributed by atoms with Gasteiger partial charge in [0.1, 0.15) is 12.2 Å². The average molecular weight is 641 g/mol. The molecule has 1 aromatic heterocycles. The van der Waals surface area contributed by atoms with E-state index in [9.17, 15) is 19.7 Å². The zero-order chi connectivity index (χ0) is 33.4. The van der Waals surface area contributed by atoms with Gasteiger partial charge in [0.05, 0.1) is 16.7 Å². The van der Waals surface area contributed by atoms with Gasteiger partial charge in [0, 0.05) is 44.3 Å². The van der Waals surface area contributed by atoms with E-state index in [1.165, 1.54) is 54.6 Å². The smallest absolute Gasteiger partial charge is 0.278 e. The van der Waals surface area contributed by atoms with Crippen LogP contribution >= 0.6 is 0 Å². The van der Waals surface area contributed by atoms with Gasteiger partial charge in [-0.2, -0.15) is 0 Å². The molecule has 1 aliphatic carbocycles.